The number of hydrogen-bond donors (Lipinski definition) is 2. The lowest BCUT2D eigenvalue weighted by Crippen LogP contribution is -2.21. The van der Waals surface area contributed by atoms with Crippen molar-refractivity contribution >= 4 is 26.7 Å². The van der Waals surface area contributed by atoms with Crippen molar-refractivity contribution in [1.29, 1.82) is 0 Å². The summed E-state index contributed by atoms with van der Waals surface area (Å²) in [6.45, 7) is 3.61. The molecule has 0 saturated heterocycles. The predicted molar refractivity (Wildman–Crippen MR) is 64.0 cm³/mol. The fourth-order valence-corrected chi connectivity index (χ4v) is 2.39. The van der Waals surface area contributed by atoms with Gasteiger partial charge in [0.2, 0.25) is 0 Å². The van der Waals surface area contributed by atoms with Gasteiger partial charge in [0.1, 0.15) is 0 Å². The lowest BCUT2D eigenvalue weighted by Gasteiger charge is -2.16. The van der Waals surface area contributed by atoms with E-state index in [1.807, 2.05) is 18.2 Å². The van der Waals surface area contributed by atoms with Crippen LogP contribution >= 0.6 is 11.3 Å². The van der Waals surface area contributed by atoms with E-state index >= 15 is 0 Å². The lowest BCUT2D eigenvalue weighted by atomic mass is 9.99. The molecule has 0 unspecified atom stereocenters. The van der Waals surface area contributed by atoms with Crippen molar-refractivity contribution in [2.24, 2.45) is 0 Å². The molecule has 0 radical (unpaired) electrons. The smallest absolute Gasteiger partial charge is 0.181 e. The standard InChI is InChI=1S/C11H14N2OS/c1-11(2,14)6-7-3-4-8-9(5-7)15-10(12)13-8/h3-5,14H,6H2,1-2H3,(H2,12,13). The number of anilines is 1. The number of nitrogens with two attached hydrogens (primary N) is 1. The van der Waals surface area contributed by atoms with Crippen molar-refractivity contribution in [3.05, 3.63) is 23.8 Å². The van der Waals surface area contributed by atoms with Crippen LogP contribution in [-0.4, -0.2) is 15.7 Å². The summed E-state index contributed by atoms with van der Waals surface area (Å²) >= 11 is 1.48. The third-order valence-corrected chi connectivity index (χ3v) is 2.95. The first-order valence-corrected chi connectivity index (χ1v) is 5.63. The van der Waals surface area contributed by atoms with Crippen LogP contribution < -0.4 is 5.73 Å². The minimum atomic E-state index is -0.677. The first kappa shape index (κ1) is 10.4. The molecular weight excluding hydrogens is 208 g/mol. The first-order valence-electron chi connectivity index (χ1n) is 4.81. The van der Waals surface area contributed by atoms with Crippen LogP contribution in [0.1, 0.15) is 19.4 Å². The summed E-state index contributed by atoms with van der Waals surface area (Å²) in [5.41, 5.74) is 6.99. The van der Waals surface area contributed by atoms with Crippen LogP contribution in [0.5, 0.6) is 0 Å². The largest absolute Gasteiger partial charge is 0.390 e. The second-order valence-electron chi connectivity index (χ2n) is 4.34. The minimum absolute atomic E-state index is 0.588. The quantitative estimate of drug-likeness (QED) is 0.819. The fourth-order valence-electron chi connectivity index (χ4n) is 1.60. The molecule has 0 spiro atoms. The maximum absolute atomic E-state index is 9.71. The summed E-state index contributed by atoms with van der Waals surface area (Å²) < 4.78 is 1.08. The Morgan fingerprint density at radius 2 is 2.20 bits per heavy atom. The highest BCUT2D eigenvalue weighted by molar-refractivity contribution is 7.22. The van der Waals surface area contributed by atoms with Gasteiger partial charge in [0.25, 0.3) is 0 Å². The Morgan fingerprint density at radius 1 is 1.47 bits per heavy atom. The van der Waals surface area contributed by atoms with E-state index in [0.29, 0.717) is 11.6 Å². The van der Waals surface area contributed by atoms with E-state index in [9.17, 15) is 5.11 Å². The molecule has 1 aromatic carbocycles. The Morgan fingerprint density at radius 3 is 2.87 bits per heavy atom. The Kier molecular flexibility index (Phi) is 2.40. The molecule has 0 fully saturated rings. The van der Waals surface area contributed by atoms with Gasteiger partial charge in [-0.2, -0.15) is 0 Å². The van der Waals surface area contributed by atoms with E-state index in [-0.39, 0.29) is 0 Å². The molecule has 0 atom stereocenters. The summed E-state index contributed by atoms with van der Waals surface area (Å²) in [4.78, 5) is 4.18. The Balaban J connectivity index is 2.38. The number of hydrogen-bond acceptors (Lipinski definition) is 4. The number of thiazole rings is 1. The zero-order valence-corrected chi connectivity index (χ0v) is 9.64. The number of nitrogens with zero attached hydrogens (tertiary/aromatic N) is 1. The molecule has 0 aliphatic rings. The molecule has 80 valence electrons. The Labute approximate surface area is 92.6 Å². The van der Waals surface area contributed by atoms with Gasteiger partial charge in [0, 0.05) is 6.42 Å². The molecule has 0 bridgehead atoms. The van der Waals surface area contributed by atoms with Gasteiger partial charge in [0.05, 0.1) is 15.8 Å². The van der Waals surface area contributed by atoms with E-state index in [1.165, 1.54) is 11.3 Å². The van der Waals surface area contributed by atoms with Crippen molar-refractivity contribution in [3.63, 3.8) is 0 Å². The highest BCUT2D eigenvalue weighted by atomic mass is 32.1. The van der Waals surface area contributed by atoms with E-state index in [2.05, 4.69) is 4.98 Å². The van der Waals surface area contributed by atoms with Gasteiger partial charge >= 0.3 is 0 Å². The molecule has 4 heteroatoms. The summed E-state index contributed by atoms with van der Waals surface area (Å²) in [7, 11) is 0. The Hall–Kier alpha value is -1.13. The molecule has 0 aliphatic heterocycles. The molecule has 3 nitrogen and oxygen atoms in total. The molecule has 0 amide bonds. The summed E-state index contributed by atoms with van der Waals surface area (Å²) in [5, 5.41) is 10.3. The van der Waals surface area contributed by atoms with Crippen LogP contribution in [-0.2, 0) is 6.42 Å². The third-order valence-electron chi connectivity index (χ3n) is 2.11. The SMILES string of the molecule is CC(C)(O)Cc1ccc2nc(N)sc2c1. The van der Waals surface area contributed by atoms with Crippen LogP contribution in [0.3, 0.4) is 0 Å². The van der Waals surface area contributed by atoms with Crippen molar-refractivity contribution in [3.8, 4) is 0 Å². The van der Waals surface area contributed by atoms with E-state index in [1.54, 1.807) is 13.8 Å². The van der Waals surface area contributed by atoms with Gasteiger partial charge in [-0.05, 0) is 31.5 Å². The molecule has 2 aromatic rings. The van der Waals surface area contributed by atoms with Crippen molar-refractivity contribution in [1.82, 2.24) is 4.98 Å². The van der Waals surface area contributed by atoms with Crippen molar-refractivity contribution < 1.29 is 5.11 Å². The maximum Gasteiger partial charge on any atom is 0.181 e. The van der Waals surface area contributed by atoms with Crippen LogP contribution in [0.25, 0.3) is 10.2 Å². The van der Waals surface area contributed by atoms with Crippen LogP contribution in [0.15, 0.2) is 18.2 Å². The number of nitrogen functional groups attached to an aromatic ring is 1. The van der Waals surface area contributed by atoms with Crippen LogP contribution in [0.2, 0.25) is 0 Å². The second kappa shape index (κ2) is 3.47. The van der Waals surface area contributed by atoms with E-state index in [4.69, 9.17) is 5.73 Å². The normalized spacial score (nSPS) is 12.2. The number of rotatable bonds is 2. The van der Waals surface area contributed by atoms with Gasteiger partial charge in [-0.25, -0.2) is 4.98 Å². The van der Waals surface area contributed by atoms with Gasteiger partial charge in [-0.3, -0.25) is 0 Å². The topological polar surface area (TPSA) is 59.1 Å². The zero-order valence-electron chi connectivity index (χ0n) is 8.82. The van der Waals surface area contributed by atoms with Crippen molar-refractivity contribution in [2.75, 3.05) is 5.73 Å². The van der Waals surface area contributed by atoms with Crippen LogP contribution in [0, 0.1) is 0 Å². The van der Waals surface area contributed by atoms with Gasteiger partial charge < -0.3 is 10.8 Å². The summed E-state index contributed by atoms with van der Waals surface area (Å²) in [6, 6.07) is 5.98. The predicted octanol–water partition coefficient (Wildman–Crippen LogP) is 2.19. The van der Waals surface area contributed by atoms with Gasteiger partial charge in [-0.1, -0.05) is 17.4 Å². The number of fused-ring (bicyclic) bond motifs is 1. The van der Waals surface area contributed by atoms with Gasteiger partial charge in [-0.15, -0.1) is 0 Å². The average Bonchev–Trinajstić information content (AvgIpc) is 2.40. The number of benzene rings is 1. The number of aromatic nitrogens is 1. The van der Waals surface area contributed by atoms with Gasteiger partial charge in [0.15, 0.2) is 5.13 Å². The monoisotopic (exact) mass is 222 g/mol. The lowest BCUT2D eigenvalue weighted by molar-refractivity contribution is 0.0810. The van der Waals surface area contributed by atoms with E-state index in [0.717, 1.165) is 15.8 Å². The van der Waals surface area contributed by atoms with Crippen molar-refractivity contribution in [2.45, 2.75) is 25.9 Å². The fraction of sp³-hybridized carbons (Fsp3) is 0.364. The summed E-state index contributed by atoms with van der Waals surface area (Å²) in [5.74, 6) is 0. The maximum atomic E-state index is 9.71. The number of aliphatic hydroxyl groups is 1. The highest BCUT2D eigenvalue weighted by Crippen LogP contribution is 2.25. The van der Waals surface area contributed by atoms with E-state index < -0.39 is 5.60 Å². The third kappa shape index (κ3) is 2.46. The molecule has 1 aromatic heterocycles. The second-order valence-corrected chi connectivity index (χ2v) is 5.41. The molecule has 1 heterocycles. The Bertz CT molecular complexity index is 485. The average molecular weight is 222 g/mol. The zero-order chi connectivity index (χ0) is 11.1. The molecule has 15 heavy (non-hydrogen) atoms. The molecule has 0 saturated carbocycles. The molecule has 2 rings (SSSR count). The molecular formula is C11H14N2OS. The first-order chi connectivity index (χ1) is 6.94. The summed E-state index contributed by atoms with van der Waals surface area (Å²) in [6.07, 6.45) is 0.640. The minimum Gasteiger partial charge on any atom is -0.390 e. The highest BCUT2D eigenvalue weighted by Gasteiger charge is 2.14. The molecule has 3 N–H and O–H groups in total. The molecule has 0 aliphatic carbocycles. The van der Waals surface area contributed by atoms with Crippen LogP contribution in [0.4, 0.5) is 5.13 Å².